The van der Waals surface area contributed by atoms with Gasteiger partial charge in [-0.15, -0.1) is 11.3 Å². The predicted octanol–water partition coefficient (Wildman–Crippen LogP) is 12.7. The SMILES string of the molecule is c1ccc(-c2cc(-c3ccccc3)cc(-n3c4ccccc4c4c5sc(-c6ccccc6)c(-c6ccccc6)c5ccc43)c2)cc1. The number of aromatic nitrogens is 1. The van der Waals surface area contributed by atoms with Crippen molar-refractivity contribution in [1.82, 2.24) is 4.57 Å². The van der Waals surface area contributed by atoms with E-state index in [0.29, 0.717) is 0 Å². The van der Waals surface area contributed by atoms with Crippen molar-refractivity contribution in [1.29, 1.82) is 0 Å². The van der Waals surface area contributed by atoms with Crippen molar-refractivity contribution in [3.05, 3.63) is 176 Å². The first-order valence-corrected chi connectivity index (χ1v) is 16.5. The zero-order valence-corrected chi connectivity index (χ0v) is 25.9. The third-order valence-corrected chi connectivity index (χ3v) is 10.3. The van der Waals surface area contributed by atoms with Gasteiger partial charge in [0.05, 0.1) is 11.0 Å². The first-order valence-electron chi connectivity index (χ1n) is 15.7. The summed E-state index contributed by atoms with van der Waals surface area (Å²) in [5.41, 5.74) is 12.2. The second kappa shape index (κ2) is 11.0. The number of hydrogen-bond acceptors (Lipinski definition) is 1. The summed E-state index contributed by atoms with van der Waals surface area (Å²) >= 11 is 1.91. The van der Waals surface area contributed by atoms with E-state index in [-0.39, 0.29) is 0 Å². The molecule has 2 heteroatoms. The third kappa shape index (κ3) is 4.38. The molecule has 46 heavy (non-hydrogen) atoms. The largest absolute Gasteiger partial charge is 0.309 e. The topological polar surface area (TPSA) is 4.93 Å². The molecule has 0 N–H and O–H groups in total. The minimum atomic E-state index is 1.16. The molecular weight excluding hydrogens is 575 g/mol. The Kier molecular flexibility index (Phi) is 6.40. The lowest BCUT2D eigenvalue weighted by Crippen LogP contribution is -1.96. The minimum Gasteiger partial charge on any atom is -0.309 e. The molecule has 216 valence electrons. The second-order valence-electron chi connectivity index (χ2n) is 11.7. The summed E-state index contributed by atoms with van der Waals surface area (Å²) < 4.78 is 3.79. The number of thiophene rings is 1. The first-order chi connectivity index (χ1) is 22.8. The van der Waals surface area contributed by atoms with E-state index in [1.54, 1.807) is 0 Å². The molecular formula is C44H29NS. The highest BCUT2D eigenvalue weighted by atomic mass is 32.1. The van der Waals surface area contributed by atoms with Crippen LogP contribution < -0.4 is 0 Å². The van der Waals surface area contributed by atoms with Gasteiger partial charge >= 0.3 is 0 Å². The molecule has 2 heterocycles. The number of hydrogen-bond donors (Lipinski definition) is 0. The van der Waals surface area contributed by atoms with E-state index < -0.39 is 0 Å². The van der Waals surface area contributed by atoms with Gasteiger partial charge in [-0.05, 0) is 63.7 Å². The van der Waals surface area contributed by atoms with Gasteiger partial charge in [-0.25, -0.2) is 0 Å². The molecule has 9 rings (SSSR count). The van der Waals surface area contributed by atoms with Gasteiger partial charge in [0.1, 0.15) is 0 Å². The van der Waals surface area contributed by atoms with Crippen LogP contribution in [0, 0.1) is 0 Å². The molecule has 0 aliphatic carbocycles. The number of nitrogens with zero attached hydrogens (tertiary/aromatic N) is 1. The highest BCUT2D eigenvalue weighted by Gasteiger charge is 2.22. The maximum absolute atomic E-state index is 2.47. The summed E-state index contributed by atoms with van der Waals surface area (Å²) in [5.74, 6) is 0. The average Bonchev–Trinajstić information content (AvgIpc) is 3.69. The van der Waals surface area contributed by atoms with E-state index in [1.165, 1.54) is 75.7 Å². The molecule has 2 aromatic heterocycles. The van der Waals surface area contributed by atoms with Crippen LogP contribution in [0.15, 0.2) is 176 Å². The van der Waals surface area contributed by atoms with E-state index >= 15 is 0 Å². The summed E-state index contributed by atoms with van der Waals surface area (Å²) in [6.07, 6.45) is 0. The van der Waals surface area contributed by atoms with Crippen LogP contribution in [0.3, 0.4) is 0 Å². The van der Waals surface area contributed by atoms with Crippen molar-refractivity contribution < 1.29 is 0 Å². The van der Waals surface area contributed by atoms with Crippen LogP contribution in [0.25, 0.3) is 81.4 Å². The van der Waals surface area contributed by atoms with Gasteiger partial charge in [-0.2, -0.15) is 0 Å². The van der Waals surface area contributed by atoms with E-state index in [9.17, 15) is 0 Å². The summed E-state index contributed by atoms with van der Waals surface area (Å²) in [7, 11) is 0. The Bertz CT molecular complexity index is 2430. The van der Waals surface area contributed by atoms with Crippen LogP contribution in [0.4, 0.5) is 0 Å². The van der Waals surface area contributed by atoms with Crippen LogP contribution >= 0.6 is 11.3 Å². The Labute approximate surface area is 272 Å². The van der Waals surface area contributed by atoms with Crippen LogP contribution in [0.2, 0.25) is 0 Å². The van der Waals surface area contributed by atoms with E-state index in [2.05, 4.69) is 180 Å². The Balaban J connectivity index is 1.38. The van der Waals surface area contributed by atoms with Gasteiger partial charge in [0.2, 0.25) is 0 Å². The molecule has 0 spiro atoms. The Hall–Kier alpha value is -5.70. The molecule has 0 fully saturated rings. The standard InChI is InChI=1S/C44H29NS/c1-5-15-30(16-6-1)34-27-35(31-17-7-2-8-18-31)29-36(28-34)45-39-24-14-13-23-37(39)42-40(45)26-25-38-41(32-19-9-3-10-20-32)43(46-44(38)42)33-21-11-4-12-22-33/h1-29H. The molecule has 0 atom stereocenters. The third-order valence-electron chi connectivity index (χ3n) is 8.98. The average molecular weight is 604 g/mol. The smallest absolute Gasteiger partial charge is 0.0555 e. The molecule has 0 bridgehead atoms. The molecule has 0 aliphatic rings. The predicted molar refractivity (Wildman–Crippen MR) is 198 cm³/mol. The molecule has 7 aromatic carbocycles. The van der Waals surface area contributed by atoms with Gasteiger partial charge in [-0.1, -0.05) is 146 Å². The molecule has 0 saturated carbocycles. The highest BCUT2D eigenvalue weighted by Crippen LogP contribution is 2.49. The van der Waals surface area contributed by atoms with Crippen LogP contribution in [0.1, 0.15) is 0 Å². The lowest BCUT2D eigenvalue weighted by atomic mass is 9.97. The summed E-state index contributed by atoms with van der Waals surface area (Å²) in [6.45, 7) is 0. The van der Waals surface area contributed by atoms with Crippen LogP contribution in [0.5, 0.6) is 0 Å². The number of fused-ring (bicyclic) bond motifs is 5. The maximum Gasteiger partial charge on any atom is 0.0555 e. The van der Waals surface area contributed by atoms with Gasteiger partial charge in [0.15, 0.2) is 0 Å². The van der Waals surface area contributed by atoms with Gasteiger partial charge in [-0.3, -0.25) is 0 Å². The van der Waals surface area contributed by atoms with E-state index in [1.807, 2.05) is 11.3 Å². The number of benzene rings is 7. The highest BCUT2D eigenvalue weighted by molar-refractivity contribution is 7.24. The first kappa shape index (κ1) is 26.7. The second-order valence-corrected chi connectivity index (χ2v) is 12.7. The summed E-state index contributed by atoms with van der Waals surface area (Å²) in [5, 5.41) is 3.88. The molecule has 0 saturated heterocycles. The number of rotatable bonds is 5. The van der Waals surface area contributed by atoms with Crippen molar-refractivity contribution in [2.45, 2.75) is 0 Å². The fraction of sp³-hybridized carbons (Fsp3) is 0. The molecule has 0 aliphatic heterocycles. The maximum atomic E-state index is 2.47. The number of para-hydroxylation sites is 1. The molecule has 0 amide bonds. The summed E-state index contributed by atoms with van der Waals surface area (Å²) in [6, 6.07) is 63.7. The van der Waals surface area contributed by atoms with Crippen LogP contribution in [-0.2, 0) is 0 Å². The fourth-order valence-corrected chi connectivity index (χ4v) is 8.29. The van der Waals surface area contributed by atoms with Gasteiger partial charge in [0.25, 0.3) is 0 Å². The molecule has 0 radical (unpaired) electrons. The van der Waals surface area contributed by atoms with Crippen molar-refractivity contribution in [2.75, 3.05) is 0 Å². The van der Waals surface area contributed by atoms with Crippen molar-refractivity contribution in [3.63, 3.8) is 0 Å². The lowest BCUT2D eigenvalue weighted by molar-refractivity contribution is 1.18. The van der Waals surface area contributed by atoms with Crippen molar-refractivity contribution in [2.24, 2.45) is 0 Å². The Morgan fingerprint density at radius 1 is 0.370 bits per heavy atom. The Morgan fingerprint density at radius 3 is 1.50 bits per heavy atom. The minimum absolute atomic E-state index is 1.16. The molecule has 0 unspecified atom stereocenters. The molecule has 9 aromatic rings. The van der Waals surface area contributed by atoms with E-state index in [4.69, 9.17) is 0 Å². The van der Waals surface area contributed by atoms with Crippen LogP contribution in [-0.4, -0.2) is 4.57 Å². The molecule has 1 nitrogen and oxygen atoms in total. The summed E-state index contributed by atoms with van der Waals surface area (Å²) in [4.78, 5) is 1.31. The van der Waals surface area contributed by atoms with Crippen molar-refractivity contribution in [3.8, 4) is 49.5 Å². The monoisotopic (exact) mass is 603 g/mol. The van der Waals surface area contributed by atoms with Gasteiger partial charge in [0, 0.05) is 37.0 Å². The quantitative estimate of drug-likeness (QED) is 0.184. The Morgan fingerprint density at radius 2 is 0.891 bits per heavy atom. The van der Waals surface area contributed by atoms with Gasteiger partial charge < -0.3 is 4.57 Å². The zero-order valence-electron chi connectivity index (χ0n) is 25.1. The lowest BCUT2D eigenvalue weighted by Gasteiger charge is -2.14. The zero-order chi connectivity index (χ0) is 30.5. The fourth-order valence-electron chi connectivity index (χ4n) is 6.90. The van der Waals surface area contributed by atoms with Crippen molar-refractivity contribution >= 4 is 43.2 Å². The van der Waals surface area contributed by atoms with E-state index in [0.717, 1.165) is 5.69 Å². The normalized spacial score (nSPS) is 11.5.